The number of ether oxygens (including phenoxy) is 1. The zero-order valence-electron chi connectivity index (χ0n) is 21.5. The predicted octanol–water partition coefficient (Wildman–Crippen LogP) is 4.70. The average molecular weight is 479 g/mol. The molecule has 1 saturated heterocycles. The molecule has 7 nitrogen and oxygen atoms in total. The van der Waals surface area contributed by atoms with Crippen molar-refractivity contribution in [3.05, 3.63) is 59.7 Å². The van der Waals surface area contributed by atoms with Gasteiger partial charge in [0.15, 0.2) is 12.1 Å². The molecule has 0 atom stereocenters. The number of phenols is 1. The van der Waals surface area contributed by atoms with Crippen molar-refractivity contribution in [2.24, 2.45) is 0 Å². The van der Waals surface area contributed by atoms with E-state index in [0.29, 0.717) is 35.0 Å². The molecule has 1 aliphatic rings. The van der Waals surface area contributed by atoms with Crippen LogP contribution in [0.3, 0.4) is 0 Å². The van der Waals surface area contributed by atoms with Crippen LogP contribution in [0.2, 0.25) is 0 Å². The number of methoxy groups -OCH3 is 1. The van der Waals surface area contributed by atoms with Crippen molar-refractivity contribution in [1.82, 2.24) is 9.80 Å². The number of aromatic hydroxyl groups is 1. The van der Waals surface area contributed by atoms with Crippen molar-refractivity contribution in [1.29, 1.82) is 5.41 Å². The first kappa shape index (κ1) is 26.4. The Morgan fingerprint density at radius 1 is 1.14 bits per heavy atom. The summed E-state index contributed by atoms with van der Waals surface area (Å²) in [5.41, 5.74) is 3.52. The second kappa shape index (κ2) is 11.5. The van der Waals surface area contributed by atoms with E-state index in [4.69, 9.17) is 10.1 Å². The Balaban J connectivity index is 1.83. The van der Waals surface area contributed by atoms with E-state index >= 15 is 0 Å². The number of phenolic OH excluding ortho intramolecular Hbond substituents is 1. The molecule has 0 aromatic heterocycles. The highest BCUT2D eigenvalue weighted by Gasteiger charge is 2.23. The van der Waals surface area contributed by atoms with Gasteiger partial charge in [0.1, 0.15) is 11.5 Å². The molecule has 0 saturated carbocycles. The van der Waals surface area contributed by atoms with Gasteiger partial charge in [-0.2, -0.15) is 0 Å². The molecule has 0 amide bonds. The third-order valence-corrected chi connectivity index (χ3v) is 6.64. The van der Waals surface area contributed by atoms with Crippen LogP contribution in [0.1, 0.15) is 50.3 Å². The molecule has 0 unspecified atom stereocenters. The van der Waals surface area contributed by atoms with Crippen LogP contribution in [-0.2, 0) is 11.3 Å². The zero-order chi connectivity index (χ0) is 25.7. The molecule has 0 aliphatic carbocycles. The molecule has 188 valence electrons. The van der Waals surface area contributed by atoms with Gasteiger partial charge in [0, 0.05) is 56.1 Å². The van der Waals surface area contributed by atoms with Crippen LogP contribution in [0, 0.1) is 5.41 Å². The van der Waals surface area contributed by atoms with Crippen LogP contribution in [0.15, 0.2) is 43.0 Å². The van der Waals surface area contributed by atoms with Crippen LogP contribution in [0.25, 0.3) is 5.70 Å². The maximum Gasteiger partial charge on any atom is 0.185 e. The number of hydrogen-bond donors (Lipinski definition) is 2. The lowest BCUT2D eigenvalue weighted by Gasteiger charge is -2.37. The SMILES string of the molecule is C=C(c1cc(C(C)C)c(OC)cc1O)N(C(=N)C=O)c1ccc(CN2CCN(C(C)C)CC2)cc1. The summed E-state index contributed by atoms with van der Waals surface area (Å²) in [5.74, 6) is 0.466. The van der Waals surface area contributed by atoms with Crippen molar-refractivity contribution in [2.75, 3.05) is 38.2 Å². The number of carbonyl (C=O) groups excluding carboxylic acids is 1. The van der Waals surface area contributed by atoms with E-state index < -0.39 is 0 Å². The summed E-state index contributed by atoms with van der Waals surface area (Å²) in [4.78, 5) is 18.0. The summed E-state index contributed by atoms with van der Waals surface area (Å²) < 4.78 is 5.42. The summed E-state index contributed by atoms with van der Waals surface area (Å²) in [6.45, 7) is 17.8. The van der Waals surface area contributed by atoms with Crippen molar-refractivity contribution >= 4 is 23.5 Å². The first-order valence-corrected chi connectivity index (χ1v) is 12.2. The van der Waals surface area contributed by atoms with Gasteiger partial charge in [-0.15, -0.1) is 0 Å². The minimum absolute atomic E-state index is 0.0166. The van der Waals surface area contributed by atoms with Gasteiger partial charge in [0.05, 0.1) is 12.8 Å². The normalized spacial score (nSPS) is 14.8. The fourth-order valence-corrected chi connectivity index (χ4v) is 4.50. The van der Waals surface area contributed by atoms with Gasteiger partial charge in [-0.05, 0) is 49.1 Å². The van der Waals surface area contributed by atoms with E-state index in [1.807, 2.05) is 44.2 Å². The number of nitrogens with zero attached hydrogens (tertiary/aromatic N) is 3. The van der Waals surface area contributed by atoms with E-state index in [9.17, 15) is 9.90 Å². The third kappa shape index (κ3) is 6.10. The number of anilines is 1. The lowest BCUT2D eigenvalue weighted by atomic mass is 9.97. The number of nitrogens with one attached hydrogen (secondary N) is 1. The maximum atomic E-state index is 11.6. The Hall–Kier alpha value is -3.16. The molecular weight excluding hydrogens is 440 g/mol. The van der Waals surface area contributed by atoms with E-state index in [1.54, 1.807) is 13.2 Å². The average Bonchev–Trinajstić information content (AvgIpc) is 2.84. The molecule has 35 heavy (non-hydrogen) atoms. The fourth-order valence-electron chi connectivity index (χ4n) is 4.50. The minimum Gasteiger partial charge on any atom is -0.507 e. The lowest BCUT2D eigenvalue weighted by molar-refractivity contribution is -0.102. The Bertz CT molecular complexity index is 1050. The lowest BCUT2D eigenvalue weighted by Crippen LogP contribution is -2.48. The van der Waals surface area contributed by atoms with Crippen molar-refractivity contribution in [2.45, 2.75) is 46.2 Å². The van der Waals surface area contributed by atoms with Crippen LogP contribution in [-0.4, -0.2) is 66.4 Å². The number of benzene rings is 2. The number of amidine groups is 1. The summed E-state index contributed by atoms with van der Waals surface area (Å²) >= 11 is 0. The minimum atomic E-state index is -0.256. The van der Waals surface area contributed by atoms with Gasteiger partial charge >= 0.3 is 0 Å². The van der Waals surface area contributed by atoms with E-state index in [0.717, 1.165) is 38.3 Å². The summed E-state index contributed by atoms with van der Waals surface area (Å²) in [6.07, 6.45) is 0.483. The first-order valence-electron chi connectivity index (χ1n) is 12.2. The molecule has 0 bridgehead atoms. The number of hydrogen-bond acceptors (Lipinski definition) is 6. The second-order valence-electron chi connectivity index (χ2n) is 9.62. The van der Waals surface area contributed by atoms with Gasteiger partial charge < -0.3 is 9.84 Å². The predicted molar refractivity (Wildman–Crippen MR) is 142 cm³/mol. The Morgan fingerprint density at radius 3 is 2.29 bits per heavy atom. The third-order valence-electron chi connectivity index (χ3n) is 6.64. The zero-order valence-corrected chi connectivity index (χ0v) is 21.5. The van der Waals surface area contributed by atoms with Gasteiger partial charge in [-0.3, -0.25) is 24.9 Å². The number of piperazine rings is 1. The molecule has 3 rings (SSSR count). The highest BCUT2D eigenvalue weighted by atomic mass is 16.5. The van der Waals surface area contributed by atoms with Crippen molar-refractivity contribution in [3.8, 4) is 11.5 Å². The highest BCUT2D eigenvalue weighted by molar-refractivity contribution is 6.35. The topological polar surface area (TPSA) is 80.1 Å². The number of aldehydes is 1. The highest BCUT2D eigenvalue weighted by Crippen LogP contribution is 2.38. The molecule has 7 heteroatoms. The van der Waals surface area contributed by atoms with Crippen LogP contribution in [0.4, 0.5) is 5.69 Å². The molecule has 0 spiro atoms. The molecule has 0 radical (unpaired) electrons. The van der Waals surface area contributed by atoms with Crippen LogP contribution in [0.5, 0.6) is 11.5 Å². The van der Waals surface area contributed by atoms with Crippen molar-refractivity contribution < 1.29 is 14.6 Å². The van der Waals surface area contributed by atoms with Gasteiger partial charge in [0.2, 0.25) is 0 Å². The number of carbonyl (C=O) groups is 1. The Labute approximate surface area is 209 Å². The summed E-state index contributed by atoms with van der Waals surface area (Å²) in [5, 5.41) is 19.0. The van der Waals surface area contributed by atoms with Gasteiger partial charge in [0.25, 0.3) is 0 Å². The molecule has 1 fully saturated rings. The largest absolute Gasteiger partial charge is 0.507 e. The van der Waals surface area contributed by atoms with E-state index in [2.05, 4.69) is 30.2 Å². The number of rotatable bonds is 9. The van der Waals surface area contributed by atoms with Gasteiger partial charge in [-0.1, -0.05) is 32.6 Å². The smallest absolute Gasteiger partial charge is 0.185 e. The molecule has 2 N–H and O–H groups in total. The fraction of sp³-hybridized carbons (Fsp3) is 0.429. The summed E-state index contributed by atoms with van der Waals surface area (Å²) in [7, 11) is 1.56. The molecule has 2 aromatic carbocycles. The monoisotopic (exact) mass is 478 g/mol. The van der Waals surface area contributed by atoms with Crippen LogP contribution < -0.4 is 9.64 Å². The van der Waals surface area contributed by atoms with E-state index in [-0.39, 0.29) is 17.5 Å². The summed E-state index contributed by atoms with van der Waals surface area (Å²) in [6, 6.07) is 11.8. The Kier molecular flexibility index (Phi) is 8.70. The molecule has 2 aromatic rings. The van der Waals surface area contributed by atoms with Crippen LogP contribution >= 0.6 is 0 Å². The molecule has 1 heterocycles. The van der Waals surface area contributed by atoms with Gasteiger partial charge in [-0.25, -0.2) is 0 Å². The molecular formula is C28H38N4O3. The standard InChI is InChI=1S/C28H38N4O3/c1-19(2)24-15-25(26(34)16-27(24)35-6)21(5)32(28(29)18-33)23-9-7-22(8-10-23)17-30-11-13-31(14-12-30)20(3)4/h7-10,15-16,18-20,29,34H,5,11-14,17H2,1-4,6H3. The van der Waals surface area contributed by atoms with E-state index in [1.165, 1.54) is 10.5 Å². The second-order valence-corrected chi connectivity index (χ2v) is 9.62. The first-order chi connectivity index (χ1) is 16.7. The molecule has 1 aliphatic heterocycles. The Morgan fingerprint density at radius 2 is 1.77 bits per heavy atom. The quantitative estimate of drug-likeness (QED) is 0.309. The van der Waals surface area contributed by atoms with Crippen molar-refractivity contribution in [3.63, 3.8) is 0 Å². The maximum absolute atomic E-state index is 11.6.